The molecule has 0 aliphatic heterocycles. The van der Waals surface area contributed by atoms with Crippen molar-refractivity contribution < 1.29 is 4.79 Å². The summed E-state index contributed by atoms with van der Waals surface area (Å²) >= 11 is 0. The van der Waals surface area contributed by atoms with Crippen LogP contribution >= 0.6 is 0 Å². The lowest BCUT2D eigenvalue weighted by Gasteiger charge is -2.11. The van der Waals surface area contributed by atoms with Gasteiger partial charge in [0.15, 0.2) is 5.65 Å². The number of fused-ring (bicyclic) bond motifs is 1. The molecule has 0 bridgehead atoms. The highest BCUT2D eigenvalue weighted by Gasteiger charge is 2.18. The molecule has 0 saturated carbocycles. The van der Waals surface area contributed by atoms with E-state index in [1.54, 1.807) is 29.8 Å². The Morgan fingerprint density at radius 1 is 0.872 bits per heavy atom. The third-order valence-electron chi connectivity index (χ3n) is 6.76. The maximum atomic E-state index is 13.1. The number of hydrogen-bond donors (Lipinski definition) is 2. The average Bonchev–Trinajstić information content (AvgIpc) is 3.54. The van der Waals surface area contributed by atoms with Gasteiger partial charge in [0, 0.05) is 11.6 Å². The van der Waals surface area contributed by atoms with E-state index >= 15 is 0 Å². The van der Waals surface area contributed by atoms with Gasteiger partial charge in [-0.3, -0.25) is 14.6 Å². The molecule has 0 fully saturated rings. The third kappa shape index (κ3) is 4.40. The molecule has 0 spiro atoms. The standard InChI is InChI=1S/C30H25N7O2/c1-18-8-7-11-25(20(18)3)36-27-24(17-31-36)29(39)34-30(33-27)37-26(16-19(2)35-37)32-28(38)23-14-12-22(13-15-23)21-9-5-4-6-10-21/h4-17H,1-3H3,(H,32,38)(H,33,34,39). The van der Waals surface area contributed by atoms with Crippen LogP contribution in [-0.4, -0.2) is 35.4 Å². The number of aromatic amines is 1. The lowest BCUT2D eigenvalue weighted by atomic mass is 10.0. The molecule has 2 N–H and O–H groups in total. The molecule has 3 aromatic carbocycles. The van der Waals surface area contributed by atoms with Gasteiger partial charge in [-0.15, -0.1) is 0 Å². The Labute approximate surface area is 223 Å². The van der Waals surface area contributed by atoms with E-state index in [1.807, 2.05) is 74.5 Å². The van der Waals surface area contributed by atoms with Crippen molar-refractivity contribution in [3.8, 4) is 22.8 Å². The summed E-state index contributed by atoms with van der Waals surface area (Å²) in [5.74, 6) is 0.243. The summed E-state index contributed by atoms with van der Waals surface area (Å²) in [4.78, 5) is 33.6. The van der Waals surface area contributed by atoms with Crippen LogP contribution in [0.15, 0.2) is 89.9 Å². The molecular formula is C30H25N7O2. The van der Waals surface area contributed by atoms with Gasteiger partial charge in [-0.2, -0.15) is 19.9 Å². The fourth-order valence-electron chi connectivity index (χ4n) is 4.53. The second-order valence-electron chi connectivity index (χ2n) is 9.38. The van der Waals surface area contributed by atoms with Crippen molar-refractivity contribution in [2.24, 2.45) is 0 Å². The molecule has 3 heterocycles. The Bertz CT molecular complexity index is 1900. The maximum absolute atomic E-state index is 13.1. The van der Waals surface area contributed by atoms with Gasteiger partial charge in [-0.25, -0.2) is 4.68 Å². The number of H-pyrrole nitrogens is 1. The average molecular weight is 516 g/mol. The first-order valence-corrected chi connectivity index (χ1v) is 12.5. The van der Waals surface area contributed by atoms with Crippen LogP contribution in [0.2, 0.25) is 0 Å². The summed E-state index contributed by atoms with van der Waals surface area (Å²) < 4.78 is 3.08. The summed E-state index contributed by atoms with van der Waals surface area (Å²) in [7, 11) is 0. The van der Waals surface area contributed by atoms with Crippen molar-refractivity contribution in [1.29, 1.82) is 0 Å². The summed E-state index contributed by atoms with van der Waals surface area (Å²) in [5, 5.41) is 12.2. The highest BCUT2D eigenvalue weighted by molar-refractivity contribution is 6.04. The number of nitrogens with one attached hydrogen (secondary N) is 2. The predicted octanol–water partition coefficient (Wildman–Crippen LogP) is 5.14. The van der Waals surface area contributed by atoms with E-state index in [0.717, 1.165) is 27.9 Å². The molecule has 6 aromatic rings. The summed E-state index contributed by atoms with van der Waals surface area (Å²) in [5.41, 5.74) is 6.24. The van der Waals surface area contributed by atoms with Crippen molar-refractivity contribution in [3.63, 3.8) is 0 Å². The number of amides is 1. The second kappa shape index (κ2) is 9.53. The molecule has 0 radical (unpaired) electrons. The lowest BCUT2D eigenvalue weighted by molar-refractivity contribution is 0.102. The van der Waals surface area contributed by atoms with Crippen molar-refractivity contribution in [2.45, 2.75) is 20.8 Å². The molecule has 0 aliphatic carbocycles. The van der Waals surface area contributed by atoms with Crippen LogP contribution in [0.25, 0.3) is 33.8 Å². The highest BCUT2D eigenvalue weighted by Crippen LogP contribution is 2.23. The SMILES string of the molecule is Cc1cc(NC(=O)c2ccc(-c3ccccc3)cc2)n(-c2nc3c(cnn3-c3cccc(C)c3C)c(=O)[nH]2)n1. The topological polar surface area (TPSA) is 110 Å². The highest BCUT2D eigenvalue weighted by atomic mass is 16.2. The minimum atomic E-state index is -0.353. The zero-order valence-electron chi connectivity index (χ0n) is 21.6. The van der Waals surface area contributed by atoms with E-state index in [0.29, 0.717) is 28.1 Å². The van der Waals surface area contributed by atoms with Crippen molar-refractivity contribution in [1.82, 2.24) is 29.5 Å². The van der Waals surface area contributed by atoms with Crippen LogP contribution in [0, 0.1) is 20.8 Å². The first-order chi connectivity index (χ1) is 18.9. The van der Waals surface area contributed by atoms with Gasteiger partial charge in [0.1, 0.15) is 11.2 Å². The van der Waals surface area contributed by atoms with Crippen LogP contribution in [0.3, 0.4) is 0 Å². The van der Waals surface area contributed by atoms with Crippen LogP contribution in [-0.2, 0) is 0 Å². The number of hydrogen-bond acceptors (Lipinski definition) is 5. The molecule has 192 valence electrons. The number of carbonyl (C=O) groups excluding carboxylic acids is 1. The maximum Gasteiger partial charge on any atom is 0.263 e. The van der Waals surface area contributed by atoms with Gasteiger partial charge < -0.3 is 5.32 Å². The largest absolute Gasteiger partial charge is 0.306 e. The number of carbonyl (C=O) groups is 1. The molecule has 6 rings (SSSR count). The molecule has 39 heavy (non-hydrogen) atoms. The molecule has 0 atom stereocenters. The third-order valence-corrected chi connectivity index (χ3v) is 6.76. The van der Waals surface area contributed by atoms with Crippen molar-refractivity contribution in [2.75, 3.05) is 5.32 Å². The summed E-state index contributed by atoms with van der Waals surface area (Å²) in [6.45, 7) is 5.83. The first-order valence-electron chi connectivity index (χ1n) is 12.5. The predicted molar refractivity (Wildman–Crippen MR) is 151 cm³/mol. The smallest absolute Gasteiger partial charge is 0.263 e. The normalized spacial score (nSPS) is 11.2. The molecule has 3 aromatic heterocycles. The van der Waals surface area contributed by atoms with Gasteiger partial charge >= 0.3 is 0 Å². The Morgan fingerprint density at radius 2 is 1.62 bits per heavy atom. The molecular weight excluding hydrogens is 490 g/mol. The molecule has 0 unspecified atom stereocenters. The van der Waals surface area contributed by atoms with Crippen LogP contribution in [0.5, 0.6) is 0 Å². The molecule has 0 aliphatic rings. The molecule has 1 amide bonds. The minimum absolute atomic E-state index is 0.169. The Balaban J connectivity index is 1.35. The van der Waals surface area contributed by atoms with Crippen LogP contribution in [0.4, 0.5) is 5.82 Å². The van der Waals surface area contributed by atoms with Gasteiger partial charge in [0.25, 0.3) is 11.5 Å². The van der Waals surface area contributed by atoms with E-state index in [1.165, 1.54) is 10.9 Å². The Kier molecular flexibility index (Phi) is 5.88. The van der Waals surface area contributed by atoms with Gasteiger partial charge in [0.05, 0.1) is 17.6 Å². The lowest BCUT2D eigenvalue weighted by Crippen LogP contribution is -2.19. The zero-order chi connectivity index (χ0) is 27.1. The van der Waals surface area contributed by atoms with E-state index in [2.05, 4.69) is 20.5 Å². The first kappa shape index (κ1) is 24.1. The van der Waals surface area contributed by atoms with E-state index in [4.69, 9.17) is 4.98 Å². The number of anilines is 1. The monoisotopic (exact) mass is 515 g/mol. The summed E-state index contributed by atoms with van der Waals surface area (Å²) in [6, 6.07) is 25.0. The van der Waals surface area contributed by atoms with Gasteiger partial charge in [0.2, 0.25) is 5.95 Å². The number of benzene rings is 3. The molecule has 9 nitrogen and oxygen atoms in total. The van der Waals surface area contributed by atoms with Crippen molar-refractivity contribution >= 4 is 22.8 Å². The number of nitrogens with zero attached hydrogens (tertiary/aromatic N) is 5. The van der Waals surface area contributed by atoms with E-state index < -0.39 is 0 Å². The number of aryl methyl sites for hydroxylation is 2. The fraction of sp³-hybridized carbons (Fsp3) is 0.100. The minimum Gasteiger partial charge on any atom is -0.306 e. The number of rotatable bonds is 5. The molecule has 9 heteroatoms. The molecule has 0 saturated heterocycles. The van der Waals surface area contributed by atoms with E-state index in [-0.39, 0.29) is 17.4 Å². The quantitative estimate of drug-likeness (QED) is 0.330. The Hall–Kier alpha value is -5.31. The Morgan fingerprint density at radius 3 is 2.38 bits per heavy atom. The van der Waals surface area contributed by atoms with Crippen LogP contribution in [0.1, 0.15) is 27.2 Å². The second-order valence-corrected chi connectivity index (χ2v) is 9.38. The van der Waals surface area contributed by atoms with Gasteiger partial charge in [-0.1, -0.05) is 54.6 Å². The van der Waals surface area contributed by atoms with Crippen LogP contribution < -0.4 is 10.9 Å². The van der Waals surface area contributed by atoms with E-state index in [9.17, 15) is 9.59 Å². The zero-order valence-corrected chi connectivity index (χ0v) is 21.6. The van der Waals surface area contributed by atoms with Crippen molar-refractivity contribution in [3.05, 3.63) is 118 Å². The van der Waals surface area contributed by atoms with Gasteiger partial charge in [-0.05, 0) is 61.2 Å². The number of aromatic nitrogens is 6. The fourth-order valence-corrected chi connectivity index (χ4v) is 4.53. The summed E-state index contributed by atoms with van der Waals surface area (Å²) in [6.07, 6.45) is 1.50.